The van der Waals surface area contributed by atoms with E-state index in [9.17, 15) is 4.79 Å². The summed E-state index contributed by atoms with van der Waals surface area (Å²) in [6, 6.07) is 0.169. The Hall–Kier alpha value is -0.690. The van der Waals surface area contributed by atoms with Gasteiger partial charge in [-0.3, -0.25) is 9.69 Å². The number of unbranched alkanes of at least 4 members (excludes halogenated alkanes) is 2. The van der Waals surface area contributed by atoms with Crippen molar-refractivity contribution in [3.63, 3.8) is 0 Å². The summed E-state index contributed by atoms with van der Waals surface area (Å²) in [6.45, 7) is 6.38. The fourth-order valence-electron chi connectivity index (χ4n) is 4.50. The molecule has 0 aromatic heterocycles. The highest BCUT2D eigenvalue weighted by Gasteiger charge is 2.36. The number of nitrogens with zero attached hydrogens (tertiary/aromatic N) is 2. The Morgan fingerprint density at radius 3 is 2.52 bits per heavy atom. The van der Waals surface area contributed by atoms with Crippen LogP contribution in [0.2, 0.25) is 0 Å². The predicted molar refractivity (Wildman–Crippen MR) is 97.3 cm³/mol. The number of likely N-dealkylation sites (tertiary alicyclic amines) is 1. The third-order valence-corrected chi connectivity index (χ3v) is 6.23. The van der Waals surface area contributed by atoms with E-state index in [1.54, 1.807) is 7.11 Å². The van der Waals surface area contributed by atoms with Crippen LogP contribution in [0.25, 0.3) is 0 Å². The van der Waals surface area contributed by atoms with Gasteiger partial charge in [0.05, 0.1) is 6.10 Å². The Labute approximate surface area is 152 Å². The summed E-state index contributed by atoms with van der Waals surface area (Å²) in [4.78, 5) is 16.9. The SMILES string of the molecule is COC1CN(CCCCCC(=O)OC2CN3CCC2CC3)CC[C@H]1N. The molecule has 4 saturated heterocycles. The van der Waals surface area contributed by atoms with E-state index in [4.69, 9.17) is 15.2 Å². The first-order valence-corrected chi connectivity index (χ1v) is 10.1. The second-order valence-electron chi connectivity index (χ2n) is 8.00. The number of methoxy groups -OCH3 is 1. The number of hydrogen-bond donors (Lipinski definition) is 1. The van der Waals surface area contributed by atoms with Crippen LogP contribution in [0, 0.1) is 5.92 Å². The maximum Gasteiger partial charge on any atom is 0.306 e. The van der Waals surface area contributed by atoms with Crippen LogP contribution < -0.4 is 5.73 Å². The molecule has 0 aromatic rings. The van der Waals surface area contributed by atoms with Gasteiger partial charge in [0, 0.05) is 32.7 Å². The number of carbonyl (C=O) groups is 1. The first-order chi connectivity index (χ1) is 12.2. The molecular weight excluding hydrogens is 318 g/mol. The van der Waals surface area contributed by atoms with E-state index in [2.05, 4.69) is 9.80 Å². The Morgan fingerprint density at radius 2 is 1.84 bits per heavy atom. The third kappa shape index (κ3) is 5.39. The van der Waals surface area contributed by atoms with Crippen molar-refractivity contribution in [3.8, 4) is 0 Å². The molecule has 6 heteroatoms. The molecule has 0 saturated carbocycles. The van der Waals surface area contributed by atoms with Crippen molar-refractivity contribution in [2.45, 2.75) is 63.2 Å². The van der Waals surface area contributed by atoms with E-state index in [-0.39, 0.29) is 24.2 Å². The van der Waals surface area contributed by atoms with Gasteiger partial charge in [-0.2, -0.15) is 0 Å². The monoisotopic (exact) mass is 353 g/mol. The number of ether oxygens (including phenoxy) is 2. The van der Waals surface area contributed by atoms with Gasteiger partial charge in [-0.05, 0) is 64.2 Å². The largest absolute Gasteiger partial charge is 0.461 e. The van der Waals surface area contributed by atoms with Crippen molar-refractivity contribution < 1.29 is 14.3 Å². The molecule has 0 radical (unpaired) electrons. The first-order valence-electron chi connectivity index (χ1n) is 10.1. The van der Waals surface area contributed by atoms with E-state index in [0.29, 0.717) is 12.3 Å². The van der Waals surface area contributed by atoms with Crippen LogP contribution in [-0.4, -0.2) is 80.4 Å². The van der Waals surface area contributed by atoms with Crippen LogP contribution >= 0.6 is 0 Å². The molecule has 25 heavy (non-hydrogen) atoms. The minimum absolute atomic E-state index is 0.00198. The number of hydrogen-bond acceptors (Lipinski definition) is 6. The number of carbonyl (C=O) groups excluding carboxylic acids is 1. The van der Waals surface area contributed by atoms with Gasteiger partial charge in [-0.25, -0.2) is 0 Å². The van der Waals surface area contributed by atoms with Gasteiger partial charge in [0.25, 0.3) is 0 Å². The third-order valence-electron chi connectivity index (χ3n) is 6.23. The van der Waals surface area contributed by atoms with Gasteiger partial charge >= 0.3 is 5.97 Å². The number of esters is 1. The van der Waals surface area contributed by atoms with Gasteiger partial charge in [0.15, 0.2) is 0 Å². The molecule has 4 fully saturated rings. The molecule has 2 N–H and O–H groups in total. The summed E-state index contributed by atoms with van der Waals surface area (Å²) in [7, 11) is 1.74. The van der Waals surface area contributed by atoms with Crippen LogP contribution in [0.1, 0.15) is 44.9 Å². The normalized spacial score (nSPS) is 35.7. The smallest absolute Gasteiger partial charge is 0.306 e. The molecule has 2 bridgehead atoms. The summed E-state index contributed by atoms with van der Waals surface area (Å²) >= 11 is 0. The van der Waals surface area contributed by atoms with E-state index in [1.807, 2.05) is 0 Å². The summed E-state index contributed by atoms with van der Waals surface area (Å²) in [5.41, 5.74) is 6.05. The Morgan fingerprint density at radius 1 is 1.04 bits per heavy atom. The number of nitrogens with two attached hydrogens (primary N) is 1. The Balaban J connectivity index is 1.24. The van der Waals surface area contributed by atoms with Crippen LogP contribution in [0.4, 0.5) is 0 Å². The van der Waals surface area contributed by atoms with Gasteiger partial charge in [-0.1, -0.05) is 6.42 Å². The highest BCUT2D eigenvalue weighted by atomic mass is 16.5. The molecule has 0 spiro atoms. The topological polar surface area (TPSA) is 68.0 Å². The van der Waals surface area contributed by atoms with Crippen LogP contribution in [-0.2, 0) is 14.3 Å². The van der Waals surface area contributed by atoms with E-state index < -0.39 is 0 Å². The molecule has 4 rings (SSSR count). The molecule has 0 amide bonds. The quantitative estimate of drug-likeness (QED) is 0.523. The van der Waals surface area contributed by atoms with Gasteiger partial charge in [0.1, 0.15) is 6.10 Å². The average Bonchev–Trinajstić information content (AvgIpc) is 2.63. The molecule has 144 valence electrons. The first kappa shape index (κ1) is 19.1. The fourth-order valence-corrected chi connectivity index (χ4v) is 4.50. The lowest BCUT2D eigenvalue weighted by molar-refractivity contribution is -0.158. The van der Waals surface area contributed by atoms with Gasteiger partial charge in [0.2, 0.25) is 0 Å². The molecule has 2 unspecified atom stereocenters. The van der Waals surface area contributed by atoms with E-state index in [1.165, 1.54) is 25.9 Å². The maximum atomic E-state index is 12.1. The fraction of sp³-hybridized carbons (Fsp3) is 0.947. The second-order valence-corrected chi connectivity index (χ2v) is 8.00. The lowest BCUT2D eigenvalue weighted by atomic mass is 9.86. The van der Waals surface area contributed by atoms with Crippen molar-refractivity contribution in [2.24, 2.45) is 11.7 Å². The number of rotatable bonds is 8. The van der Waals surface area contributed by atoms with E-state index >= 15 is 0 Å². The van der Waals surface area contributed by atoms with Crippen molar-refractivity contribution in [3.05, 3.63) is 0 Å². The standard InChI is InChI=1S/C19H35N3O3/c1-24-18-14-21(12-8-16(18)20)9-4-2-3-5-19(23)25-17-13-22-10-6-15(17)7-11-22/h15-18H,2-14,20H2,1H3/t16-,17?,18?/m1/s1. The predicted octanol–water partition coefficient (Wildman–Crippen LogP) is 1.23. The van der Waals surface area contributed by atoms with Crippen LogP contribution in [0.15, 0.2) is 0 Å². The zero-order chi connectivity index (χ0) is 17.6. The summed E-state index contributed by atoms with van der Waals surface area (Å²) in [5.74, 6) is 0.607. The van der Waals surface area contributed by atoms with Crippen molar-refractivity contribution in [1.29, 1.82) is 0 Å². The molecule has 0 aromatic carbocycles. The molecule has 4 heterocycles. The lowest BCUT2D eigenvalue weighted by Crippen LogP contribution is -2.51. The van der Waals surface area contributed by atoms with Crippen LogP contribution in [0.5, 0.6) is 0 Å². The minimum atomic E-state index is 0.00198. The lowest BCUT2D eigenvalue weighted by Gasteiger charge is -2.43. The van der Waals surface area contributed by atoms with Gasteiger partial charge in [-0.15, -0.1) is 0 Å². The molecule has 4 aliphatic heterocycles. The molecular formula is C19H35N3O3. The Kier molecular flexibility index (Phi) is 7.10. The van der Waals surface area contributed by atoms with Gasteiger partial charge < -0.3 is 20.1 Å². The van der Waals surface area contributed by atoms with Crippen molar-refractivity contribution in [1.82, 2.24) is 9.80 Å². The zero-order valence-corrected chi connectivity index (χ0v) is 15.7. The summed E-state index contributed by atoms with van der Waals surface area (Å²) < 4.78 is 11.2. The highest BCUT2D eigenvalue weighted by molar-refractivity contribution is 5.69. The molecule has 4 aliphatic rings. The number of fused-ring (bicyclic) bond motifs is 3. The average molecular weight is 354 g/mol. The zero-order valence-electron chi connectivity index (χ0n) is 15.7. The van der Waals surface area contributed by atoms with E-state index in [0.717, 1.165) is 51.9 Å². The molecule has 0 aliphatic carbocycles. The van der Waals surface area contributed by atoms with Crippen molar-refractivity contribution >= 4 is 5.97 Å². The Bertz CT molecular complexity index is 426. The summed E-state index contributed by atoms with van der Waals surface area (Å²) in [6.07, 6.45) is 7.40. The highest BCUT2D eigenvalue weighted by Crippen LogP contribution is 2.29. The summed E-state index contributed by atoms with van der Waals surface area (Å²) in [5, 5.41) is 0. The second kappa shape index (κ2) is 9.31. The van der Waals surface area contributed by atoms with Crippen molar-refractivity contribution in [2.75, 3.05) is 46.4 Å². The minimum Gasteiger partial charge on any atom is -0.461 e. The van der Waals surface area contributed by atoms with Crippen LogP contribution in [0.3, 0.4) is 0 Å². The maximum absolute atomic E-state index is 12.1. The molecule has 6 nitrogen and oxygen atoms in total. The number of piperidine rings is 4. The molecule has 3 atom stereocenters.